The van der Waals surface area contributed by atoms with Gasteiger partial charge in [-0.3, -0.25) is 14.0 Å². The zero-order chi connectivity index (χ0) is 24.7. The van der Waals surface area contributed by atoms with E-state index in [0.717, 1.165) is 38.7 Å². The molecule has 0 saturated heterocycles. The van der Waals surface area contributed by atoms with Crippen molar-refractivity contribution in [3.63, 3.8) is 0 Å². The predicted molar refractivity (Wildman–Crippen MR) is 138 cm³/mol. The van der Waals surface area contributed by atoms with Crippen LogP contribution in [0.5, 0.6) is 0 Å². The van der Waals surface area contributed by atoms with Crippen molar-refractivity contribution in [2.24, 2.45) is 0 Å². The lowest BCUT2D eigenvalue weighted by molar-refractivity contribution is 0.425. The van der Waals surface area contributed by atoms with E-state index < -0.39 is 15.5 Å². The lowest BCUT2D eigenvalue weighted by Crippen LogP contribution is -2.22. The minimum atomic E-state index is -1.06. The Hall–Kier alpha value is -3.91. The zero-order valence-electron chi connectivity index (χ0n) is 19.8. The van der Waals surface area contributed by atoms with Gasteiger partial charge in [0.25, 0.3) is 11.4 Å². The average Bonchev–Trinajstić information content (AvgIpc) is 3.29. The Morgan fingerprint density at radius 1 is 0.971 bits per heavy atom. The molecule has 0 aliphatic carbocycles. The first-order valence-electron chi connectivity index (χ1n) is 11.1. The molecule has 35 heavy (non-hydrogen) atoms. The Bertz CT molecular complexity index is 1650. The number of aromatic nitrogens is 4. The highest BCUT2D eigenvalue weighted by molar-refractivity contribution is 7.85. The SMILES string of the molecule is Cc1noc(-c2cc(-c3cccc(-c4cc(C(C)(C)S(C)=O)cc5cccnc45)c3)c[nH]c2=O)n1. The number of nitrogens with zero attached hydrogens (tertiary/aromatic N) is 3. The fraction of sp³-hybridized carbons (Fsp3) is 0.185. The first-order chi connectivity index (χ1) is 16.7. The van der Waals surface area contributed by atoms with Crippen LogP contribution in [0, 0.1) is 6.92 Å². The van der Waals surface area contributed by atoms with Crippen LogP contribution in [0.2, 0.25) is 0 Å². The molecule has 3 aromatic heterocycles. The van der Waals surface area contributed by atoms with Crippen LogP contribution in [-0.2, 0) is 15.5 Å². The number of nitrogens with one attached hydrogen (secondary N) is 1. The molecule has 2 aromatic carbocycles. The summed E-state index contributed by atoms with van der Waals surface area (Å²) in [6, 6.07) is 17.9. The number of rotatable bonds is 5. The van der Waals surface area contributed by atoms with Crippen LogP contribution in [0.1, 0.15) is 25.2 Å². The van der Waals surface area contributed by atoms with Crippen molar-refractivity contribution < 1.29 is 8.73 Å². The summed E-state index contributed by atoms with van der Waals surface area (Å²) in [4.78, 5) is 24.0. The maximum Gasteiger partial charge on any atom is 0.263 e. The third-order valence-corrected chi connectivity index (χ3v) is 7.96. The molecule has 0 spiro atoms. The average molecular weight is 485 g/mol. The Kier molecular flexibility index (Phi) is 5.68. The summed E-state index contributed by atoms with van der Waals surface area (Å²) in [5.41, 5.74) is 5.50. The molecule has 7 nitrogen and oxygen atoms in total. The highest BCUT2D eigenvalue weighted by atomic mass is 32.2. The number of aryl methyl sites for hydroxylation is 1. The molecule has 0 saturated carbocycles. The van der Waals surface area contributed by atoms with Gasteiger partial charge in [0, 0.05) is 40.4 Å². The summed E-state index contributed by atoms with van der Waals surface area (Å²) in [6.07, 6.45) is 5.18. The van der Waals surface area contributed by atoms with Crippen LogP contribution in [0.15, 0.2) is 76.3 Å². The fourth-order valence-electron chi connectivity index (χ4n) is 4.01. The lowest BCUT2D eigenvalue weighted by atomic mass is 9.92. The largest absolute Gasteiger partial charge is 0.334 e. The maximum absolute atomic E-state index is 12.5. The molecule has 1 unspecified atom stereocenters. The van der Waals surface area contributed by atoms with Gasteiger partial charge in [0.05, 0.1) is 10.3 Å². The molecule has 0 radical (unpaired) electrons. The molecular weight excluding hydrogens is 460 g/mol. The summed E-state index contributed by atoms with van der Waals surface area (Å²) in [6.45, 7) is 5.68. The molecule has 8 heteroatoms. The number of hydrogen-bond donors (Lipinski definition) is 1. The lowest BCUT2D eigenvalue weighted by Gasteiger charge is -2.24. The van der Waals surface area contributed by atoms with Crippen molar-refractivity contribution in [1.82, 2.24) is 20.1 Å². The van der Waals surface area contributed by atoms with Crippen molar-refractivity contribution in [3.05, 3.63) is 88.7 Å². The summed E-state index contributed by atoms with van der Waals surface area (Å²) in [5.74, 6) is 0.640. The summed E-state index contributed by atoms with van der Waals surface area (Å²) in [5, 5.41) is 4.78. The number of hydrogen-bond acceptors (Lipinski definition) is 6. The Morgan fingerprint density at radius 2 is 1.77 bits per heavy atom. The van der Waals surface area contributed by atoms with Crippen molar-refractivity contribution in [3.8, 4) is 33.7 Å². The van der Waals surface area contributed by atoms with Crippen LogP contribution < -0.4 is 5.56 Å². The predicted octanol–water partition coefficient (Wildman–Crippen LogP) is 5.23. The third kappa shape index (κ3) is 4.21. The first kappa shape index (κ1) is 22.9. The van der Waals surface area contributed by atoms with Crippen LogP contribution in [0.3, 0.4) is 0 Å². The Morgan fingerprint density at radius 3 is 2.51 bits per heavy atom. The van der Waals surface area contributed by atoms with Gasteiger partial charge in [-0.2, -0.15) is 4.98 Å². The van der Waals surface area contributed by atoms with Crippen molar-refractivity contribution in [1.29, 1.82) is 0 Å². The highest BCUT2D eigenvalue weighted by Gasteiger charge is 2.26. The topological polar surface area (TPSA) is 102 Å². The van der Waals surface area contributed by atoms with E-state index in [1.807, 2.05) is 44.2 Å². The van der Waals surface area contributed by atoms with Crippen LogP contribution in [-0.4, -0.2) is 30.6 Å². The van der Waals surface area contributed by atoms with Crippen molar-refractivity contribution in [2.75, 3.05) is 6.26 Å². The quantitative estimate of drug-likeness (QED) is 0.367. The number of pyridine rings is 2. The van der Waals surface area contributed by atoms with Gasteiger partial charge in [-0.15, -0.1) is 0 Å². The van der Waals surface area contributed by atoms with Gasteiger partial charge in [0.2, 0.25) is 0 Å². The Labute approximate surface area is 204 Å². The van der Waals surface area contributed by atoms with Crippen molar-refractivity contribution in [2.45, 2.75) is 25.5 Å². The Balaban J connectivity index is 1.67. The van der Waals surface area contributed by atoms with E-state index in [1.165, 1.54) is 0 Å². The molecule has 176 valence electrons. The van der Waals surface area contributed by atoms with E-state index in [2.05, 4.69) is 38.3 Å². The third-order valence-electron chi connectivity index (χ3n) is 6.29. The molecule has 1 atom stereocenters. The second-order valence-electron chi connectivity index (χ2n) is 8.92. The summed E-state index contributed by atoms with van der Waals surface area (Å²) >= 11 is 0. The van der Waals surface area contributed by atoms with Gasteiger partial charge >= 0.3 is 0 Å². The van der Waals surface area contributed by atoms with Gasteiger partial charge in [-0.25, -0.2) is 0 Å². The minimum Gasteiger partial charge on any atom is -0.334 e. The van der Waals surface area contributed by atoms with Gasteiger partial charge in [0.1, 0.15) is 5.56 Å². The normalized spacial score (nSPS) is 12.7. The van der Waals surface area contributed by atoms with E-state index in [-0.39, 0.29) is 11.4 Å². The van der Waals surface area contributed by atoms with Crippen molar-refractivity contribution >= 4 is 21.7 Å². The molecule has 0 fully saturated rings. The number of benzene rings is 2. The van der Waals surface area contributed by atoms with E-state index in [0.29, 0.717) is 11.4 Å². The van der Waals surface area contributed by atoms with E-state index in [1.54, 1.807) is 31.6 Å². The monoisotopic (exact) mass is 484 g/mol. The minimum absolute atomic E-state index is 0.180. The standard InChI is InChI=1S/C27H24N4O3S/c1-16-30-26(34-31-16)23-13-20(15-29-25(23)32)17-7-5-8-18(11-17)22-14-21(27(2,3)35(4)33)12-19-9-6-10-28-24(19)22/h5-15H,1-4H3,(H,29,32). The fourth-order valence-corrected chi connectivity index (χ4v) is 4.46. The smallest absolute Gasteiger partial charge is 0.263 e. The number of fused-ring (bicyclic) bond motifs is 1. The summed E-state index contributed by atoms with van der Waals surface area (Å²) < 4.78 is 17.2. The van der Waals surface area contributed by atoms with Crippen LogP contribution in [0.4, 0.5) is 0 Å². The van der Waals surface area contributed by atoms with Gasteiger partial charge in [0.15, 0.2) is 5.82 Å². The molecule has 3 heterocycles. The van der Waals surface area contributed by atoms with E-state index >= 15 is 0 Å². The molecule has 0 aliphatic rings. The van der Waals surface area contributed by atoms with E-state index in [4.69, 9.17) is 4.52 Å². The highest BCUT2D eigenvalue weighted by Crippen LogP contribution is 2.36. The molecule has 5 aromatic rings. The molecule has 1 N–H and O–H groups in total. The molecule has 0 aliphatic heterocycles. The van der Waals surface area contributed by atoms with Gasteiger partial charge in [-0.05, 0) is 73.4 Å². The molecule has 0 bridgehead atoms. The van der Waals surface area contributed by atoms with E-state index in [9.17, 15) is 9.00 Å². The summed E-state index contributed by atoms with van der Waals surface area (Å²) in [7, 11) is -1.06. The van der Waals surface area contributed by atoms with Crippen LogP contribution in [0.25, 0.3) is 44.6 Å². The number of aromatic amines is 1. The van der Waals surface area contributed by atoms with Gasteiger partial charge < -0.3 is 9.51 Å². The van der Waals surface area contributed by atoms with Gasteiger partial charge in [-0.1, -0.05) is 29.4 Å². The maximum atomic E-state index is 12.5. The first-order valence-corrected chi connectivity index (χ1v) is 12.7. The molecule has 0 amide bonds. The van der Waals surface area contributed by atoms with Crippen LogP contribution >= 0.6 is 0 Å². The number of H-pyrrole nitrogens is 1. The molecule has 5 rings (SSSR count). The molecular formula is C27H24N4O3S. The second-order valence-corrected chi connectivity index (χ2v) is 10.9. The zero-order valence-corrected chi connectivity index (χ0v) is 20.6. The second kappa shape index (κ2) is 8.70.